The number of hydrogen-bond acceptors (Lipinski definition) is 4. The first kappa shape index (κ1) is 15.0. The van der Waals surface area contributed by atoms with Gasteiger partial charge in [-0.3, -0.25) is 4.79 Å². The van der Waals surface area contributed by atoms with Crippen LogP contribution in [0.1, 0.15) is 11.3 Å². The minimum atomic E-state index is -0.350. The van der Waals surface area contributed by atoms with Crippen molar-refractivity contribution >= 4 is 11.7 Å². The molecular weight excluding hydrogens is 264 g/mol. The van der Waals surface area contributed by atoms with Crippen LogP contribution in [0.3, 0.4) is 0 Å². The smallest absolute Gasteiger partial charge is 0.244 e. The van der Waals surface area contributed by atoms with Gasteiger partial charge in [0.15, 0.2) is 0 Å². The van der Waals surface area contributed by atoms with Crippen molar-refractivity contribution in [2.24, 2.45) is 0 Å². The van der Waals surface area contributed by atoms with Gasteiger partial charge < -0.3 is 10.2 Å². The number of carbonyl (C=O) groups is 1. The number of aryl methyl sites for hydroxylation is 1. The molecule has 1 aromatic carbocycles. The molecule has 0 unspecified atom stereocenters. The number of carbonyl (C=O) groups excluding carboxylic acids is 1. The monoisotopic (exact) mass is 284 g/mol. The molecule has 5 heteroatoms. The molecule has 0 aliphatic heterocycles. The van der Waals surface area contributed by atoms with Crippen molar-refractivity contribution in [3.05, 3.63) is 54.0 Å². The fraction of sp³-hybridized carbons (Fsp3) is 0.312. The average molecular weight is 284 g/mol. The summed E-state index contributed by atoms with van der Waals surface area (Å²) < 4.78 is 0. The van der Waals surface area contributed by atoms with Gasteiger partial charge in [-0.05, 0) is 12.5 Å². The van der Waals surface area contributed by atoms with E-state index in [-0.39, 0.29) is 11.9 Å². The van der Waals surface area contributed by atoms with Crippen molar-refractivity contribution in [3.63, 3.8) is 0 Å². The largest absolute Gasteiger partial charge is 0.358 e. The molecule has 21 heavy (non-hydrogen) atoms. The first-order valence-electron chi connectivity index (χ1n) is 6.86. The summed E-state index contributed by atoms with van der Waals surface area (Å²) in [5, 5.41) is 3.21. The minimum absolute atomic E-state index is 0.0233. The van der Waals surface area contributed by atoms with Crippen LogP contribution in [-0.2, 0) is 11.2 Å². The van der Waals surface area contributed by atoms with Crippen molar-refractivity contribution in [2.45, 2.75) is 19.4 Å². The standard InChI is InChI=1S/C16H20N4O/c1-12-9-15(18-11-17-12)19-14(16(21)20(2)3)10-13-7-5-4-6-8-13/h4-9,11,14H,10H2,1-3H3,(H,17,18,19)/t14-/m1/s1. The van der Waals surface area contributed by atoms with Crippen LogP contribution in [0.15, 0.2) is 42.7 Å². The molecule has 2 rings (SSSR count). The lowest BCUT2D eigenvalue weighted by Crippen LogP contribution is -2.40. The maximum atomic E-state index is 12.4. The number of nitrogens with one attached hydrogen (secondary N) is 1. The maximum absolute atomic E-state index is 12.4. The fourth-order valence-corrected chi connectivity index (χ4v) is 2.07. The minimum Gasteiger partial charge on any atom is -0.358 e. The molecule has 0 spiro atoms. The predicted octanol–water partition coefficient (Wildman–Crippen LogP) is 1.90. The molecule has 0 fully saturated rings. The van der Waals surface area contributed by atoms with Crippen LogP contribution in [0.2, 0.25) is 0 Å². The van der Waals surface area contributed by atoms with Crippen LogP contribution >= 0.6 is 0 Å². The molecular formula is C16H20N4O. The van der Waals surface area contributed by atoms with Crippen molar-refractivity contribution in [2.75, 3.05) is 19.4 Å². The van der Waals surface area contributed by atoms with Crippen molar-refractivity contribution in [1.82, 2.24) is 14.9 Å². The molecule has 0 saturated heterocycles. The lowest BCUT2D eigenvalue weighted by Gasteiger charge is -2.22. The van der Waals surface area contributed by atoms with E-state index in [4.69, 9.17) is 0 Å². The van der Waals surface area contributed by atoms with Gasteiger partial charge in [-0.2, -0.15) is 0 Å². The van der Waals surface area contributed by atoms with Gasteiger partial charge in [0, 0.05) is 32.3 Å². The molecule has 1 heterocycles. The topological polar surface area (TPSA) is 58.1 Å². The summed E-state index contributed by atoms with van der Waals surface area (Å²) in [6.45, 7) is 1.90. The molecule has 110 valence electrons. The van der Waals surface area contributed by atoms with Gasteiger partial charge in [0.05, 0.1) is 0 Å². The SMILES string of the molecule is Cc1cc(N[C@H](Cc2ccccc2)C(=O)N(C)C)ncn1. The van der Waals surface area contributed by atoms with E-state index in [1.54, 1.807) is 19.0 Å². The summed E-state index contributed by atoms with van der Waals surface area (Å²) in [4.78, 5) is 22.2. The molecule has 0 aliphatic carbocycles. The number of aromatic nitrogens is 2. The molecule has 1 N–H and O–H groups in total. The molecule has 0 aliphatic rings. The van der Waals surface area contributed by atoms with E-state index in [1.165, 1.54) is 6.33 Å². The van der Waals surface area contributed by atoms with Gasteiger partial charge in [-0.15, -0.1) is 0 Å². The Morgan fingerprint density at radius 3 is 2.57 bits per heavy atom. The molecule has 1 aromatic heterocycles. The van der Waals surface area contributed by atoms with E-state index in [0.717, 1.165) is 11.3 Å². The van der Waals surface area contributed by atoms with E-state index < -0.39 is 0 Å². The van der Waals surface area contributed by atoms with Crippen molar-refractivity contribution < 1.29 is 4.79 Å². The summed E-state index contributed by atoms with van der Waals surface area (Å²) in [6.07, 6.45) is 2.11. The normalized spacial score (nSPS) is 11.8. The molecule has 0 radical (unpaired) electrons. The van der Waals surface area contributed by atoms with Crippen LogP contribution in [0.5, 0.6) is 0 Å². The summed E-state index contributed by atoms with van der Waals surface area (Å²) in [5.41, 5.74) is 1.97. The third kappa shape index (κ3) is 4.27. The third-order valence-corrected chi connectivity index (χ3v) is 3.15. The Balaban J connectivity index is 2.18. The Kier molecular flexibility index (Phi) is 4.87. The Hall–Kier alpha value is -2.43. The van der Waals surface area contributed by atoms with E-state index in [2.05, 4.69) is 15.3 Å². The zero-order valence-electron chi connectivity index (χ0n) is 12.6. The third-order valence-electron chi connectivity index (χ3n) is 3.15. The maximum Gasteiger partial charge on any atom is 0.244 e. The summed E-state index contributed by atoms with van der Waals surface area (Å²) in [5.74, 6) is 0.689. The quantitative estimate of drug-likeness (QED) is 0.911. The second kappa shape index (κ2) is 6.83. The lowest BCUT2D eigenvalue weighted by molar-refractivity contribution is -0.129. The van der Waals surface area contributed by atoms with Gasteiger partial charge in [0.2, 0.25) is 5.91 Å². The highest BCUT2D eigenvalue weighted by Gasteiger charge is 2.21. The second-order valence-electron chi connectivity index (χ2n) is 5.16. The van der Waals surface area contributed by atoms with Crippen LogP contribution in [-0.4, -0.2) is 40.9 Å². The average Bonchev–Trinajstić information content (AvgIpc) is 2.47. The molecule has 1 atom stereocenters. The number of likely N-dealkylation sites (N-methyl/N-ethyl adjacent to an activating group) is 1. The lowest BCUT2D eigenvalue weighted by atomic mass is 10.0. The summed E-state index contributed by atoms with van der Waals surface area (Å²) in [6, 6.07) is 11.4. The van der Waals surface area contributed by atoms with E-state index in [9.17, 15) is 4.79 Å². The number of benzene rings is 1. The van der Waals surface area contributed by atoms with Crippen molar-refractivity contribution in [3.8, 4) is 0 Å². The van der Waals surface area contributed by atoms with E-state index in [1.807, 2.05) is 43.3 Å². The van der Waals surface area contributed by atoms with Crippen LogP contribution in [0.25, 0.3) is 0 Å². The van der Waals surface area contributed by atoms with E-state index >= 15 is 0 Å². The highest BCUT2D eigenvalue weighted by Crippen LogP contribution is 2.11. The first-order valence-corrected chi connectivity index (χ1v) is 6.86. The number of hydrogen-bond donors (Lipinski definition) is 1. The molecule has 0 bridgehead atoms. The van der Waals surface area contributed by atoms with Crippen LogP contribution < -0.4 is 5.32 Å². The molecule has 2 aromatic rings. The van der Waals surface area contributed by atoms with Gasteiger partial charge in [-0.25, -0.2) is 9.97 Å². The fourth-order valence-electron chi connectivity index (χ4n) is 2.07. The summed E-state index contributed by atoms with van der Waals surface area (Å²) in [7, 11) is 3.51. The van der Waals surface area contributed by atoms with Gasteiger partial charge >= 0.3 is 0 Å². The number of nitrogens with zero attached hydrogens (tertiary/aromatic N) is 3. The molecule has 1 amide bonds. The summed E-state index contributed by atoms with van der Waals surface area (Å²) >= 11 is 0. The highest BCUT2D eigenvalue weighted by atomic mass is 16.2. The zero-order valence-corrected chi connectivity index (χ0v) is 12.6. The Morgan fingerprint density at radius 1 is 1.24 bits per heavy atom. The van der Waals surface area contributed by atoms with Gasteiger partial charge in [-0.1, -0.05) is 30.3 Å². The molecule has 0 saturated carbocycles. The Morgan fingerprint density at radius 2 is 1.95 bits per heavy atom. The highest BCUT2D eigenvalue weighted by molar-refractivity contribution is 5.84. The number of rotatable bonds is 5. The second-order valence-corrected chi connectivity index (χ2v) is 5.16. The number of amides is 1. The van der Waals surface area contributed by atoms with Crippen LogP contribution in [0, 0.1) is 6.92 Å². The van der Waals surface area contributed by atoms with Gasteiger partial charge in [0.25, 0.3) is 0 Å². The zero-order chi connectivity index (χ0) is 15.2. The van der Waals surface area contributed by atoms with E-state index in [0.29, 0.717) is 12.2 Å². The molecule has 5 nitrogen and oxygen atoms in total. The van der Waals surface area contributed by atoms with Crippen LogP contribution in [0.4, 0.5) is 5.82 Å². The Labute approximate surface area is 125 Å². The van der Waals surface area contributed by atoms with Crippen molar-refractivity contribution in [1.29, 1.82) is 0 Å². The predicted molar refractivity (Wildman–Crippen MR) is 83.0 cm³/mol. The first-order chi connectivity index (χ1) is 10.1. The van der Waals surface area contributed by atoms with Gasteiger partial charge in [0.1, 0.15) is 18.2 Å². The number of anilines is 1. The Bertz CT molecular complexity index is 598.